The summed E-state index contributed by atoms with van der Waals surface area (Å²) in [6.45, 7) is 0. The molecule has 0 atom stereocenters. The van der Waals surface area contributed by atoms with Gasteiger partial charge in [-0.1, -0.05) is 43.5 Å². The summed E-state index contributed by atoms with van der Waals surface area (Å²) >= 11 is 0. The molecule has 0 unspecified atom stereocenters. The number of nitrogens with zero attached hydrogens (tertiary/aromatic N) is 1. The Balaban J connectivity index is 1.78. The Morgan fingerprint density at radius 1 is 1.16 bits per heavy atom. The summed E-state index contributed by atoms with van der Waals surface area (Å²) < 4.78 is 4.93. The van der Waals surface area contributed by atoms with E-state index in [9.17, 15) is 9.59 Å². The highest BCUT2D eigenvalue weighted by atomic mass is 16.5. The Morgan fingerprint density at radius 3 is 2.68 bits per heavy atom. The second-order valence-electron chi connectivity index (χ2n) is 6.38. The van der Waals surface area contributed by atoms with Crippen molar-refractivity contribution in [3.05, 3.63) is 48.2 Å². The Morgan fingerprint density at radius 2 is 1.92 bits per heavy atom. The molecular weight excluding hydrogens is 316 g/mol. The first kappa shape index (κ1) is 17.1. The van der Waals surface area contributed by atoms with Gasteiger partial charge in [-0.2, -0.15) is 0 Å². The van der Waals surface area contributed by atoms with Gasteiger partial charge in [0.2, 0.25) is 5.91 Å². The van der Waals surface area contributed by atoms with Crippen LogP contribution < -0.4 is 5.32 Å². The van der Waals surface area contributed by atoms with Crippen LogP contribution in [0.15, 0.2) is 42.6 Å². The van der Waals surface area contributed by atoms with E-state index in [-0.39, 0.29) is 11.9 Å². The minimum Gasteiger partial charge on any atom is -0.467 e. The van der Waals surface area contributed by atoms with Crippen molar-refractivity contribution in [1.82, 2.24) is 10.3 Å². The lowest BCUT2D eigenvalue weighted by Crippen LogP contribution is -2.55. The number of rotatable bonds is 4. The van der Waals surface area contributed by atoms with Gasteiger partial charge in [0, 0.05) is 23.2 Å². The van der Waals surface area contributed by atoms with Gasteiger partial charge in [-0.05, 0) is 25.0 Å². The van der Waals surface area contributed by atoms with Crippen LogP contribution in [0.1, 0.15) is 37.7 Å². The Kier molecular flexibility index (Phi) is 5.12. The maximum atomic E-state index is 12.4. The zero-order valence-corrected chi connectivity index (χ0v) is 14.3. The number of benzene rings is 1. The SMILES string of the molecule is COC(=O)C1(NC(=O)/C=C/c2cccc3cccnc23)CCCCC1. The van der Waals surface area contributed by atoms with Crippen LogP contribution in [0.5, 0.6) is 0 Å². The fourth-order valence-corrected chi connectivity index (χ4v) is 3.44. The fourth-order valence-electron chi connectivity index (χ4n) is 3.44. The van der Waals surface area contributed by atoms with E-state index in [4.69, 9.17) is 4.74 Å². The Bertz CT molecular complexity index is 802. The summed E-state index contributed by atoms with van der Waals surface area (Å²) in [6.07, 6.45) is 9.06. The number of carbonyl (C=O) groups excluding carboxylic acids is 2. The number of pyridine rings is 1. The molecule has 5 nitrogen and oxygen atoms in total. The first-order chi connectivity index (χ1) is 12.1. The van der Waals surface area contributed by atoms with Crippen LogP contribution in [0.3, 0.4) is 0 Å². The highest BCUT2D eigenvalue weighted by Crippen LogP contribution is 2.29. The van der Waals surface area contributed by atoms with Crippen molar-refractivity contribution in [3.8, 4) is 0 Å². The van der Waals surface area contributed by atoms with Crippen LogP contribution >= 0.6 is 0 Å². The second kappa shape index (κ2) is 7.47. The molecule has 1 aromatic carbocycles. The molecule has 1 N–H and O–H groups in total. The van der Waals surface area contributed by atoms with Gasteiger partial charge in [0.25, 0.3) is 0 Å². The van der Waals surface area contributed by atoms with Gasteiger partial charge < -0.3 is 10.1 Å². The van der Waals surface area contributed by atoms with E-state index < -0.39 is 5.54 Å². The van der Waals surface area contributed by atoms with Crippen molar-refractivity contribution in [2.45, 2.75) is 37.6 Å². The minimum atomic E-state index is -0.897. The summed E-state index contributed by atoms with van der Waals surface area (Å²) in [5.41, 5.74) is 0.809. The van der Waals surface area contributed by atoms with Crippen molar-refractivity contribution >= 4 is 28.9 Å². The molecule has 0 aliphatic heterocycles. The van der Waals surface area contributed by atoms with Crippen LogP contribution in [0, 0.1) is 0 Å². The van der Waals surface area contributed by atoms with Crippen LogP contribution in [-0.4, -0.2) is 29.5 Å². The molecule has 1 aliphatic rings. The summed E-state index contributed by atoms with van der Waals surface area (Å²) in [7, 11) is 1.36. The maximum absolute atomic E-state index is 12.4. The molecule has 0 saturated heterocycles. The molecule has 1 aliphatic carbocycles. The van der Waals surface area contributed by atoms with Crippen LogP contribution in [0.25, 0.3) is 17.0 Å². The largest absolute Gasteiger partial charge is 0.467 e. The summed E-state index contributed by atoms with van der Waals surface area (Å²) in [5.74, 6) is -0.652. The van der Waals surface area contributed by atoms with E-state index in [1.54, 1.807) is 12.3 Å². The number of hydrogen-bond acceptors (Lipinski definition) is 4. The summed E-state index contributed by atoms with van der Waals surface area (Å²) in [6, 6.07) is 9.68. The van der Waals surface area contributed by atoms with E-state index in [1.165, 1.54) is 13.2 Å². The molecule has 2 aromatic rings. The van der Waals surface area contributed by atoms with Gasteiger partial charge in [-0.25, -0.2) is 4.79 Å². The summed E-state index contributed by atoms with van der Waals surface area (Å²) in [5, 5.41) is 3.90. The molecule has 1 aromatic heterocycles. The zero-order valence-electron chi connectivity index (χ0n) is 14.3. The third-order valence-corrected chi connectivity index (χ3v) is 4.72. The number of para-hydroxylation sites is 1. The molecule has 0 bridgehead atoms. The van der Waals surface area contributed by atoms with Gasteiger partial charge in [0.15, 0.2) is 0 Å². The normalized spacial score (nSPS) is 16.7. The van der Waals surface area contributed by atoms with Crippen molar-refractivity contribution in [1.29, 1.82) is 0 Å². The average Bonchev–Trinajstić information content (AvgIpc) is 2.66. The monoisotopic (exact) mass is 338 g/mol. The number of hydrogen-bond donors (Lipinski definition) is 1. The van der Waals surface area contributed by atoms with E-state index in [0.717, 1.165) is 35.7 Å². The molecular formula is C20H22N2O3. The molecule has 3 rings (SSSR count). The van der Waals surface area contributed by atoms with E-state index in [0.29, 0.717) is 12.8 Å². The molecule has 5 heteroatoms. The number of aromatic nitrogens is 1. The van der Waals surface area contributed by atoms with Crippen molar-refractivity contribution in [2.24, 2.45) is 0 Å². The van der Waals surface area contributed by atoms with Gasteiger partial charge in [0.05, 0.1) is 12.6 Å². The number of nitrogens with one attached hydrogen (secondary N) is 1. The lowest BCUT2D eigenvalue weighted by atomic mass is 9.81. The molecule has 0 spiro atoms. The minimum absolute atomic E-state index is 0.291. The maximum Gasteiger partial charge on any atom is 0.331 e. The molecule has 1 amide bonds. The van der Waals surface area contributed by atoms with Crippen molar-refractivity contribution < 1.29 is 14.3 Å². The van der Waals surface area contributed by atoms with Crippen LogP contribution in [-0.2, 0) is 14.3 Å². The van der Waals surface area contributed by atoms with Crippen LogP contribution in [0.4, 0.5) is 0 Å². The number of carbonyl (C=O) groups is 2. The van der Waals surface area contributed by atoms with E-state index in [2.05, 4.69) is 10.3 Å². The number of methoxy groups -OCH3 is 1. The molecule has 1 saturated carbocycles. The average molecular weight is 338 g/mol. The highest BCUT2D eigenvalue weighted by molar-refractivity contribution is 5.98. The van der Waals surface area contributed by atoms with Gasteiger partial charge in [-0.3, -0.25) is 9.78 Å². The first-order valence-corrected chi connectivity index (χ1v) is 8.57. The number of amides is 1. The zero-order chi connectivity index (χ0) is 17.7. The quantitative estimate of drug-likeness (QED) is 0.686. The molecule has 0 radical (unpaired) electrons. The van der Waals surface area contributed by atoms with E-state index >= 15 is 0 Å². The lowest BCUT2D eigenvalue weighted by molar-refractivity contribution is -0.152. The first-order valence-electron chi connectivity index (χ1n) is 8.57. The molecule has 1 fully saturated rings. The Hall–Kier alpha value is -2.69. The standard InChI is InChI=1S/C20H22N2O3/c1-25-19(24)20(12-3-2-4-13-20)22-17(23)11-10-16-8-5-7-15-9-6-14-21-18(15)16/h5-11,14H,2-4,12-13H2,1H3,(H,22,23)/b11-10+. The van der Waals surface area contributed by atoms with Gasteiger partial charge in [-0.15, -0.1) is 0 Å². The van der Waals surface area contributed by atoms with Crippen LogP contribution in [0.2, 0.25) is 0 Å². The van der Waals surface area contributed by atoms with E-state index in [1.807, 2.05) is 30.3 Å². The topological polar surface area (TPSA) is 68.3 Å². The number of ether oxygens (including phenoxy) is 1. The Labute approximate surface area is 147 Å². The van der Waals surface area contributed by atoms with Gasteiger partial charge >= 0.3 is 5.97 Å². The lowest BCUT2D eigenvalue weighted by Gasteiger charge is -2.34. The number of fused-ring (bicyclic) bond motifs is 1. The van der Waals surface area contributed by atoms with Crippen molar-refractivity contribution in [2.75, 3.05) is 7.11 Å². The smallest absolute Gasteiger partial charge is 0.331 e. The molecule has 1 heterocycles. The predicted molar refractivity (Wildman–Crippen MR) is 96.8 cm³/mol. The molecule has 130 valence electrons. The number of esters is 1. The third kappa shape index (κ3) is 3.71. The highest BCUT2D eigenvalue weighted by Gasteiger charge is 2.41. The van der Waals surface area contributed by atoms with Crippen molar-refractivity contribution in [3.63, 3.8) is 0 Å². The van der Waals surface area contributed by atoms with Gasteiger partial charge in [0.1, 0.15) is 5.54 Å². The molecule has 25 heavy (non-hydrogen) atoms. The fraction of sp³-hybridized carbons (Fsp3) is 0.350. The third-order valence-electron chi connectivity index (χ3n) is 4.72. The predicted octanol–water partition coefficient (Wildman–Crippen LogP) is 3.24. The second-order valence-corrected chi connectivity index (χ2v) is 6.38. The summed E-state index contributed by atoms with van der Waals surface area (Å²) in [4.78, 5) is 29.0.